The number of hydrogen-bond donors (Lipinski definition) is 2. The van der Waals surface area contributed by atoms with E-state index in [1.165, 1.54) is 12.0 Å². The molecule has 2 rings (SSSR count). The number of aromatic amines is 1. The van der Waals surface area contributed by atoms with Crippen LogP contribution in [0.4, 0.5) is 5.69 Å². The predicted octanol–water partition coefficient (Wildman–Crippen LogP) is 3.14. The van der Waals surface area contributed by atoms with Gasteiger partial charge in [-0.15, -0.1) is 11.8 Å². The van der Waals surface area contributed by atoms with Gasteiger partial charge in [0.15, 0.2) is 0 Å². The molecule has 0 unspecified atom stereocenters. The molecule has 1 heterocycles. The smallest absolute Gasteiger partial charge is 0.354 e. The van der Waals surface area contributed by atoms with E-state index in [0.717, 1.165) is 11.4 Å². The van der Waals surface area contributed by atoms with Crippen molar-refractivity contribution in [1.82, 2.24) is 4.98 Å². The maximum absolute atomic E-state index is 11.3. The molecule has 0 aliphatic rings. The van der Waals surface area contributed by atoms with Gasteiger partial charge in [0.1, 0.15) is 5.69 Å². The van der Waals surface area contributed by atoms with Gasteiger partial charge in [-0.25, -0.2) is 4.79 Å². The molecule has 0 spiro atoms. The number of thioether (sulfide) groups is 1. The topological polar surface area (TPSA) is 54.1 Å². The molecule has 0 fully saturated rings. The Morgan fingerprint density at radius 2 is 2.11 bits per heavy atom. The molecule has 0 atom stereocenters. The maximum atomic E-state index is 11.3. The van der Waals surface area contributed by atoms with Gasteiger partial charge in [-0.2, -0.15) is 0 Å². The predicted molar refractivity (Wildman–Crippen MR) is 77.7 cm³/mol. The van der Waals surface area contributed by atoms with Crippen LogP contribution in [0.1, 0.15) is 16.2 Å². The molecule has 0 saturated carbocycles. The molecule has 0 bridgehead atoms. The van der Waals surface area contributed by atoms with Crippen LogP contribution >= 0.6 is 11.8 Å². The lowest BCUT2D eigenvalue weighted by atomic mass is 10.3. The van der Waals surface area contributed by atoms with Crippen LogP contribution in [-0.2, 0) is 11.3 Å². The number of aromatic nitrogens is 1. The van der Waals surface area contributed by atoms with Crippen LogP contribution in [0.15, 0.2) is 41.3 Å². The average molecular weight is 276 g/mol. The molecule has 0 saturated heterocycles. The van der Waals surface area contributed by atoms with E-state index < -0.39 is 0 Å². The zero-order chi connectivity index (χ0) is 13.7. The van der Waals surface area contributed by atoms with Crippen LogP contribution in [0.5, 0.6) is 0 Å². The van der Waals surface area contributed by atoms with E-state index in [1.54, 1.807) is 17.8 Å². The van der Waals surface area contributed by atoms with Gasteiger partial charge in [0.05, 0.1) is 13.7 Å². The summed E-state index contributed by atoms with van der Waals surface area (Å²) in [7, 11) is 1.37. The molecule has 0 amide bonds. The van der Waals surface area contributed by atoms with E-state index in [-0.39, 0.29) is 5.97 Å². The molecule has 100 valence electrons. The SMILES string of the molecule is COC(=O)c1ccc(CNc2ccccc2SC)[nH]1. The molecule has 19 heavy (non-hydrogen) atoms. The lowest BCUT2D eigenvalue weighted by Gasteiger charge is -2.09. The summed E-state index contributed by atoms with van der Waals surface area (Å²) >= 11 is 1.70. The highest BCUT2D eigenvalue weighted by Crippen LogP contribution is 2.24. The minimum absolute atomic E-state index is 0.351. The number of carbonyl (C=O) groups excluding carboxylic acids is 1. The first-order chi connectivity index (χ1) is 9.24. The monoisotopic (exact) mass is 276 g/mol. The van der Waals surface area contributed by atoms with Crippen LogP contribution in [0.3, 0.4) is 0 Å². The Labute approximate surface area is 116 Å². The summed E-state index contributed by atoms with van der Waals surface area (Å²) in [4.78, 5) is 15.5. The third-order valence-electron chi connectivity index (χ3n) is 2.73. The summed E-state index contributed by atoms with van der Waals surface area (Å²) in [5.41, 5.74) is 2.50. The minimum Gasteiger partial charge on any atom is -0.464 e. The van der Waals surface area contributed by atoms with E-state index >= 15 is 0 Å². The fourth-order valence-corrected chi connectivity index (χ4v) is 2.33. The highest BCUT2D eigenvalue weighted by atomic mass is 32.2. The third-order valence-corrected chi connectivity index (χ3v) is 3.52. The normalized spacial score (nSPS) is 10.2. The number of anilines is 1. The number of hydrogen-bond acceptors (Lipinski definition) is 4. The highest BCUT2D eigenvalue weighted by Gasteiger charge is 2.08. The fraction of sp³-hybridized carbons (Fsp3) is 0.214. The van der Waals surface area contributed by atoms with E-state index in [0.29, 0.717) is 12.2 Å². The Morgan fingerprint density at radius 3 is 2.84 bits per heavy atom. The van der Waals surface area contributed by atoms with Crippen molar-refractivity contribution in [2.75, 3.05) is 18.7 Å². The number of carbonyl (C=O) groups is 1. The van der Waals surface area contributed by atoms with Crippen molar-refractivity contribution in [2.24, 2.45) is 0 Å². The van der Waals surface area contributed by atoms with Crippen molar-refractivity contribution in [3.8, 4) is 0 Å². The van der Waals surface area contributed by atoms with E-state index in [2.05, 4.69) is 21.1 Å². The van der Waals surface area contributed by atoms with Gasteiger partial charge in [-0.1, -0.05) is 12.1 Å². The second-order valence-electron chi connectivity index (χ2n) is 3.94. The average Bonchev–Trinajstić information content (AvgIpc) is 2.93. The van der Waals surface area contributed by atoms with Crippen molar-refractivity contribution in [2.45, 2.75) is 11.4 Å². The summed E-state index contributed by atoms with van der Waals surface area (Å²) in [5.74, 6) is -0.351. The van der Waals surface area contributed by atoms with Crippen molar-refractivity contribution < 1.29 is 9.53 Å². The van der Waals surface area contributed by atoms with Crippen LogP contribution in [0.2, 0.25) is 0 Å². The minimum atomic E-state index is -0.351. The first-order valence-corrected chi connectivity index (χ1v) is 7.10. The van der Waals surface area contributed by atoms with Gasteiger partial charge < -0.3 is 15.0 Å². The Bertz CT molecular complexity index is 566. The maximum Gasteiger partial charge on any atom is 0.354 e. The standard InChI is InChI=1S/C14H16N2O2S/c1-18-14(17)12-8-7-10(16-12)9-15-11-5-3-4-6-13(11)19-2/h3-8,15-16H,9H2,1-2H3. The molecule has 5 heteroatoms. The molecule has 1 aromatic carbocycles. The molecule has 0 radical (unpaired) electrons. The lowest BCUT2D eigenvalue weighted by Crippen LogP contribution is -2.04. The molecule has 2 N–H and O–H groups in total. The first-order valence-electron chi connectivity index (χ1n) is 5.87. The van der Waals surface area contributed by atoms with Crippen LogP contribution < -0.4 is 5.32 Å². The largest absolute Gasteiger partial charge is 0.464 e. The molecule has 0 aliphatic carbocycles. The summed E-state index contributed by atoms with van der Waals surface area (Å²) < 4.78 is 4.65. The Balaban J connectivity index is 2.02. The zero-order valence-electron chi connectivity index (χ0n) is 10.9. The molecule has 2 aromatic rings. The van der Waals surface area contributed by atoms with E-state index in [4.69, 9.17) is 0 Å². The second kappa shape index (κ2) is 6.33. The summed E-state index contributed by atoms with van der Waals surface area (Å²) in [6.07, 6.45) is 2.05. The summed E-state index contributed by atoms with van der Waals surface area (Å²) in [6.45, 7) is 0.633. The Kier molecular flexibility index (Phi) is 4.52. The van der Waals surface area contributed by atoms with Crippen LogP contribution in [0, 0.1) is 0 Å². The quantitative estimate of drug-likeness (QED) is 0.650. The number of para-hydroxylation sites is 1. The Hall–Kier alpha value is -1.88. The molecule has 1 aromatic heterocycles. The van der Waals surface area contributed by atoms with Crippen LogP contribution in [0.25, 0.3) is 0 Å². The van der Waals surface area contributed by atoms with Gasteiger partial charge >= 0.3 is 5.97 Å². The van der Waals surface area contributed by atoms with Gasteiger partial charge in [0.2, 0.25) is 0 Å². The number of ether oxygens (including phenoxy) is 1. The van der Waals surface area contributed by atoms with Crippen LogP contribution in [-0.4, -0.2) is 24.3 Å². The Morgan fingerprint density at radius 1 is 1.32 bits per heavy atom. The lowest BCUT2D eigenvalue weighted by molar-refractivity contribution is 0.0594. The number of methoxy groups -OCH3 is 1. The number of esters is 1. The summed E-state index contributed by atoms with van der Waals surface area (Å²) in [6, 6.07) is 11.7. The number of rotatable bonds is 5. The third kappa shape index (κ3) is 3.32. The molecular weight excluding hydrogens is 260 g/mol. The molecular formula is C14H16N2O2S. The number of nitrogens with one attached hydrogen (secondary N) is 2. The van der Waals surface area contributed by atoms with Gasteiger partial charge in [-0.3, -0.25) is 0 Å². The fourth-order valence-electron chi connectivity index (χ4n) is 1.75. The van der Waals surface area contributed by atoms with Gasteiger partial charge in [0.25, 0.3) is 0 Å². The highest BCUT2D eigenvalue weighted by molar-refractivity contribution is 7.98. The first kappa shape index (κ1) is 13.5. The van der Waals surface area contributed by atoms with Crippen molar-refractivity contribution >= 4 is 23.4 Å². The number of benzene rings is 1. The van der Waals surface area contributed by atoms with E-state index in [1.807, 2.05) is 30.5 Å². The van der Waals surface area contributed by atoms with E-state index in [9.17, 15) is 4.79 Å². The number of H-pyrrole nitrogens is 1. The van der Waals surface area contributed by atoms with Crippen molar-refractivity contribution in [3.63, 3.8) is 0 Å². The zero-order valence-corrected chi connectivity index (χ0v) is 11.7. The summed E-state index contributed by atoms with van der Waals surface area (Å²) in [5, 5.41) is 3.35. The van der Waals surface area contributed by atoms with Crippen molar-refractivity contribution in [1.29, 1.82) is 0 Å². The van der Waals surface area contributed by atoms with Crippen molar-refractivity contribution in [3.05, 3.63) is 47.8 Å². The molecule has 4 nitrogen and oxygen atoms in total. The second-order valence-corrected chi connectivity index (χ2v) is 4.79. The van der Waals surface area contributed by atoms with Gasteiger partial charge in [-0.05, 0) is 30.5 Å². The molecule has 0 aliphatic heterocycles. The van der Waals surface area contributed by atoms with Gasteiger partial charge in [0, 0.05) is 16.3 Å².